The van der Waals surface area contributed by atoms with Crippen LogP contribution in [0.1, 0.15) is 45.6 Å². The molecule has 1 saturated carbocycles. The van der Waals surface area contributed by atoms with Gasteiger partial charge < -0.3 is 15.7 Å². The maximum Gasteiger partial charge on any atom is 0.315 e. The van der Waals surface area contributed by atoms with Gasteiger partial charge in [0.2, 0.25) is 0 Å². The Labute approximate surface area is 131 Å². The van der Waals surface area contributed by atoms with Gasteiger partial charge in [-0.3, -0.25) is 0 Å². The summed E-state index contributed by atoms with van der Waals surface area (Å²) in [5.41, 5.74) is -0.210. The molecule has 3 N–H and O–H groups in total. The molecular formula is C17H25FN2O2. The van der Waals surface area contributed by atoms with E-state index in [0.717, 1.165) is 12.8 Å². The molecule has 1 unspecified atom stereocenters. The topological polar surface area (TPSA) is 61.4 Å². The highest BCUT2D eigenvalue weighted by molar-refractivity contribution is 5.75. The van der Waals surface area contributed by atoms with Crippen molar-refractivity contribution >= 4 is 6.03 Å². The number of hydrogen-bond acceptors (Lipinski definition) is 2. The van der Waals surface area contributed by atoms with Crippen molar-refractivity contribution in [3.63, 3.8) is 0 Å². The Kier molecular flexibility index (Phi) is 4.75. The van der Waals surface area contributed by atoms with Crippen molar-refractivity contribution in [2.45, 2.75) is 51.7 Å². The van der Waals surface area contributed by atoms with E-state index in [1.165, 1.54) is 6.07 Å². The molecule has 1 aliphatic rings. The summed E-state index contributed by atoms with van der Waals surface area (Å²) in [6.45, 7) is 6.17. The first-order chi connectivity index (χ1) is 10.2. The molecule has 0 spiro atoms. The lowest BCUT2D eigenvalue weighted by atomic mass is 9.87. The third-order valence-electron chi connectivity index (χ3n) is 4.07. The molecular weight excluding hydrogens is 283 g/mol. The molecule has 1 atom stereocenters. The van der Waals surface area contributed by atoms with E-state index in [0.29, 0.717) is 18.5 Å². The Morgan fingerprint density at radius 3 is 2.59 bits per heavy atom. The standard InChI is InChI=1S/C17H25FN2O2/c1-12(21)10-16(2,3)11-19-15(22)20-17(8-9-17)13-6-4-5-7-14(13)18/h4-7,12,21H,8-11H2,1-3H3,(H2,19,20,22). The lowest BCUT2D eigenvalue weighted by Gasteiger charge is -2.27. The molecule has 0 aromatic heterocycles. The largest absolute Gasteiger partial charge is 0.393 e. The van der Waals surface area contributed by atoms with Gasteiger partial charge in [-0.15, -0.1) is 0 Å². The number of amides is 2. The summed E-state index contributed by atoms with van der Waals surface area (Å²) in [6, 6.07) is 6.28. The molecule has 0 aliphatic heterocycles. The van der Waals surface area contributed by atoms with E-state index in [-0.39, 0.29) is 17.3 Å². The quantitative estimate of drug-likeness (QED) is 0.756. The third kappa shape index (κ3) is 4.19. The van der Waals surface area contributed by atoms with Crippen LogP contribution in [0.3, 0.4) is 0 Å². The van der Waals surface area contributed by atoms with E-state index < -0.39 is 11.6 Å². The van der Waals surface area contributed by atoms with Crippen molar-refractivity contribution in [3.8, 4) is 0 Å². The van der Waals surface area contributed by atoms with Crippen LogP contribution in [-0.2, 0) is 5.54 Å². The fraction of sp³-hybridized carbons (Fsp3) is 0.588. The molecule has 1 fully saturated rings. The number of rotatable bonds is 6. The lowest BCUT2D eigenvalue weighted by molar-refractivity contribution is 0.128. The summed E-state index contributed by atoms with van der Waals surface area (Å²) in [5.74, 6) is -0.283. The van der Waals surface area contributed by atoms with Crippen LogP contribution in [0.4, 0.5) is 9.18 Å². The predicted octanol–water partition coefficient (Wildman–Crippen LogP) is 2.91. The van der Waals surface area contributed by atoms with Crippen LogP contribution in [0.25, 0.3) is 0 Å². The minimum absolute atomic E-state index is 0.194. The first-order valence-corrected chi connectivity index (χ1v) is 7.73. The second-order valence-electron chi connectivity index (χ2n) is 7.09. The average Bonchev–Trinajstić information content (AvgIpc) is 3.16. The minimum atomic E-state index is -0.566. The van der Waals surface area contributed by atoms with Gasteiger partial charge in [-0.1, -0.05) is 32.0 Å². The van der Waals surface area contributed by atoms with Crippen LogP contribution in [0.15, 0.2) is 24.3 Å². The van der Waals surface area contributed by atoms with Crippen molar-refractivity contribution < 1.29 is 14.3 Å². The molecule has 0 radical (unpaired) electrons. The Hall–Kier alpha value is -1.62. The number of carbonyl (C=O) groups excluding carboxylic acids is 1. The summed E-state index contributed by atoms with van der Waals surface area (Å²) in [7, 11) is 0. The molecule has 22 heavy (non-hydrogen) atoms. The lowest BCUT2D eigenvalue weighted by Crippen LogP contribution is -2.45. The zero-order valence-electron chi connectivity index (χ0n) is 13.4. The second-order valence-corrected chi connectivity index (χ2v) is 7.09. The SMILES string of the molecule is CC(O)CC(C)(C)CNC(=O)NC1(c2ccccc2F)CC1. The fourth-order valence-electron chi connectivity index (χ4n) is 2.89. The Morgan fingerprint density at radius 1 is 1.41 bits per heavy atom. The number of aliphatic hydroxyl groups excluding tert-OH is 1. The molecule has 0 bridgehead atoms. The molecule has 4 nitrogen and oxygen atoms in total. The summed E-state index contributed by atoms with van der Waals surface area (Å²) >= 11 is 0. The van der Waals surface area contributed by atoms with Gasteiger partial charge in [0.15, 0.2) is 0 Å². The van der Waals surface area contributed by atoms with E-state index in [4.69, 9.17) is 0 Å². The van der Waals surface area contributed by atoms with Crippen LogP contribution in [0, 0.1) is 11.2 Å². The smallest absolute Gasteiger partial charge is 0.315 e. The van der Waals surface area contributed by atoms with Gasteiger partial charge in [-0.2, -0.15) is 0 Å². The number of aliphatic hydroxyl groups is 1. The first-order valence-electron chi connectivity index (χ1n) is 7.73. The molecule has 2 rings (SSSR count). The van der Waals surface area contributed by atoms with Crippen molar-refractivity contribution in [2.75, 3.05) is 6.54 Å². The highest BCUT2D eigenvalue weighted by Crippen LogP contribution is 2.46. The Balaban J connectivity index is 1.91. The molecule has 122 valence electrons. The predicted molar refractivity (Wildman–Crippen MR) is 83.9 cm³/mol. The van der Waals surface area contributed by atoms with Crippen molar-refractivity contribution in [3.05, 3.63) is 35.6 Å². The molecule has 1 aromatic carbocycles. The zero-order valence-corrected chi connectivity index (χ0v) is 13.4. The number of carbonyl (C=O) groups is 1. The normalized spacial score (nSPS) is 17.7. The van der Waals surface area contributed by atoms with Gasteiger partial charge in [0.05, 0.1) is 11.6 Å². The molecule has 1 aromatic rings. The third-order valence-corrected chi connectivity index (χ3v) is 4.07. The summed E-state index contributed by atoms with van der Waals surface area (Å²) < 4.78 is 13.9. The van der Waals surface area contributed by atoms with Gasteiger partial charge in [0, 0.05) is 12.1 Å². The van der Waals surface area contributed by atoms with E-state index in [1.54, 1.807) is 25.1 Å². The maximum atomic E-state index is 13.9. The summed E-state index contributed by atoms with van der Waals surface area (Å²) in [5, 5.41) is 15.2. The molecule has 2 amide bonds. The van der Waals surface area contributed by atoms with E-state index in [2.05, 4.69) is 10.6 Å². The van der Waals surface area contributed by atoms with Crippen molar-refractivity contribution in [1.29, 1.82) is 0 Å². The molecule has 0 saturated heterocycles. The molecule has 5 heteroatoms. The van der Waals surface area contributed by atoms with Crippen LogP contribution < -0.4 is 10.6 Å². The number of urea groups is 1. The van der Waals surface area contributed by atoms with Gasteiger partial charge in [0.25, 0.3) is 0 Å². The number of nitrogens with one attached hydrogen (secondary N) is 2. The Bertz CT molecular complexity index is 539. The van der Waals surface area contributed by atoms with Crippen LogP contribution in [-0.4, -0.2) is 23.8 Å². The van der Waals surface area contributed by atoms with Crippen molar-refractivity contribution in [2.24, 2.45) is 5.41 Å². The number of benzene rings is 1. The van der Waals surface area contributed by atoms with E-state index in [9.17, 15) is 14.3 Å². The second kappa shape index (κ2) is 6.24. The molecule has 0 heterocycles. The monoisotopic (exact) mass is 308 g/mol. The Morgan fingerprint density at radius 2 is 2.05 bits per heavy atom. The van der Waals surface area contributed by atoms with Gasteiger partial charge in [-0.05, 0) is 37.7 Å². The number of hydrogen-bond donors (Lipinski definition) is 3. The maximum absolute atomic E-state index is 13.9. The zero-order chi connectivity index (χ0) is 16.4. The summed E-state index contributed by atoms with van der Waals surface area (Å²) in [6.07, 6.45) is 1.69. The van der Waals surface area contributed by atoms with Crippen LogP contribution >= 0.6 is 0 Å². The van der Waals surface area contributed by atoms with Crippen LogP contribution in [0.2, 0.25) is 0 Å². The highest BCUT2D eigenvalue weighted by atomic mass is 19.1. The minimum Gasteiger partial charge on any atom is -0.393 e. The fourth-order valence-corrected chi connectivity index (χ4v) is 2.89. The number of halogens is 1. The van der Waals surface area contributed by atoms with Crippen LogP contribution in [0.5, 0.6) is 0 Å². The van der Waals surface area contributed by atoms with Crippen molar-refractivity contribution in [1.82, 2.24) is 10.6 Å². The van der Waals surface area contributed by atoms with E-state index >= 15 is 0 Å². The van der Waals surface area contributed by atoms with Gasteiger partial charge in [-0.25, -0.2) is 9.18 Å². The highest BCUT2D eigenvalue weighted by Gasteiger charge is 2.47. The average molecular weight is 308 g/mol. The molecule has 1 aliphatic carbocycles. The van der Waals surface area contributed by atoms with Gasteiger partial charge in [0.1, 0.15) is 5.82 Å². The summed E-state index contributed by atoms with van der Waals surface area (Å²) in [4.78, 5) is 12.1. The van der Waals surface area contributed by atoms with E-state index in [1.807, 2.05) is 13.8 Å². The van der Waals surface area contributed by atoms with Gasteiger partial charge >= 0.3 is 6.03 Å². The first kappa shape index (κ1) is 16.7.